The summed E-state index contributed by atoms with van der Waals surface area (Å²) >= 11 is 6.02. The summed E-state index contributed by atoms with van der Waals surface area (Å²) in [5, 5.41) is 15.1. The van der Waals surface area contributed by atoms with Crippen LogP contribution in [0.15, 0.2) is 48.8 Å². The molecular formula is C20H16ClF3N6O3. The highest BCUT2D eigenvalue weighted by Gasteiger charge is 2.32. The summed E-state index contributed by atoms with van der Waals surface area (Å²) in [6, 6.07) is 8.21. The second kappa shape index (κ2) is 8.70. The van der Waals surface area contributed by atoms with Crippen LogP contribution in [-0.4, -0.2) is 56.7 Å². The number of nitro groups is 1. The number of piperazine rings is 1. The first-order chi connectivity index (χ1) is 15.6. The van der Waals surface area contributed by atoms with Crippen molar-refractivity contribution in [1.29, 1.82) is 0 Å². The van der Waals surface area contributed by atoms with E-state index in [0.29, 0.717) is 31.9 Å². The van der Waals surface area contributed by atoms with Gasteiger partial charge < -0.3 is 9.80 Å². The van der Waals surface area contributed by atoms with Crippen LogP contribution in [0.3, 0.4) is 0 Å². The molecule has 1 fully saturated rings. The number of rotatable bonds is 4. The van der Waals surface area contributed by atoms with Gasteiger partial charge in [0.05, 0.1) is 21.2 Å². The summed E-state index contributed by atoms with van der Waals surface area (Å²) in [4.78, 5) is 30.4. The molecule has 0 spiro atoms. The van der Waals surface area contributed by atoms with Gasteiger partial charge in [-0.3, -0.25) is 14.9 Å². The van der Waals surface area contributed by atoms with Gasteiger partial charge in [0.1, 0.15) is 5.82 Å². The molecule has 0 saturated carbocycles. The number of anilines is 1. The Bertz CT molecular complexity index is 1210. The molecule has 0 unspecified atom stereocenters. The first-order valence-electron chi connectivity index (χ1n) is 9.71. The maximum atomic E-state index is 12.8. The van der Waals surface area contributed by atoms with Crippen LogP contribution in [0.4, 0.5) is 24.7 Å². The highest BCUT2D eigenvalue weighted by atomic mass is 35.5. The first kappa shape index (κ1) is 22.5. The molecule has 0 atom stereocenters. The third-order valence-corrected chi connectivity index (χ3v) is 5.41. The third kappa shape index (κ3) is 4.75. The Labute approximate surface area is 190 Å². The zero-order valence-corrected chi connectivity index (χ0v) is 17.6. The molecule has 1 saturated heterocycles. The molecule has 0 radical (unpaired) electrons. The lowest BCUT2D eigenvalue weighted by Crippen LogP contribution is -2.49. The van der Waals surface area contributed by atoms with Crippen LogP contribution in [0.25, 0.3) is 5.69 Å². The van der Waals surface area contributed by atoms with Gasteiger partial charge in [0.2, 0.25) is 0 Å². The lowest BCUT2D eigenvalue weighted by molar-refractivity contribution is -0.384. The standard InChI is InChI=1S/C20H16ClF3N6O3/c21-16-10-13(20(22,23)24)12-25-18(16)27-6-8-28(9-7-27)19(31)17-4-5-29(26-17)14-2-1-3-15(11-14)30(32)33/h1-5,10-12H,6-9H2. The van der Waals surface area contributed by atoms with E-state index in [9.17, 15) is 28.1 Å². The zero-order valence-electron chi connectivity index (χ0n) is 16.9. The predicted molar refractivity (Wildman–Crippen MR) is 113 cm³/mol. The van der Waals surface area contributed by atoms with Crippen LogP contribution >= 0.6 is 11.6 Å². The largest absolute Gasteiger partial charge is 0.417 e. The summed E-state index contributed by atoms with van der Waals surface area (Å²) in [5.41, 5.74) is -0.413. The van der Waals surface area contributed by atoms with Gasteiger partial charge in [-0.05, 0) is 18.2 Å². The zero-order chi connectivity index (χ0) is 23.8. The highest BCUT2D eigenvalue weighted by Crippen LogP contribution is 2.33. The molecule has 4 rings (SSSR count). The number of carbonyl (C=O) groups is 1. The number of aromatic nitrogens is 3. The van der Waals surface area contributed by atoms with Crippen molar-refractivity contribution < 1.29 is 22.9 Å². The lowest BCUT2D eigenvalue weighted by Gasteiger charge is -2.35. The lowest BCUT2D eigenvalue weighted by atomic mass is 10.2. The first-order valence-corrected chi connectivity index (χ1v) is 10.1. The van der Waals surface area contributed by atoms with Gasteiger partial charge >= 0.3 is 6.18 Å². The number of non-ortho nitro benzene ring substituents is 1. The maximum Gasteiger partial charge on any atom is 0.417 e. The number of nitro benzene ring substituents is 1. The van der Waals surface area contributed by atoms with E-state index in [2.05, 4.69) is 10.1 Å². The summed E-state index contributed by atoms with van der Waals surface area (Å²) < 4.78 is 39.8. The van der Waals surface area contributed by atoms with Crippen molar-refractivity contribution in [3.63, 3.8) is 0 Å². The van der Waals surface area contributed by atoms with Crippen molar-refractivity contribution >= 4 is 29.0 Å². The average Bonchev–Trinajstić information content (AvgIpc) is 3.28. The SMILES string of the molecule is O=C(c1ccn(-c2cccc([N+](=O)[O-])c2)n1)N1CCN(c2ncc(C(F)(F)F)cc2Cl)CC1. The van der Waals surface area contributed by atoms with Crippen molar-refractivity contribution in [1.82, 2.24) is 19.7 Å². The van der Waals surface area contributed by atoms with E-state index < -0.39 is 16.7 Å². The Kier molecular flexibility index (Phi) is 5.93. The number of amides is 1. The van der Waals surface area contributed by atoms with Crippen LogP contribution in [0.5, 0.6) is 0 Å². The fourth-order valence-corrected chi connectivity index (χ4v) is 3.72. The maximum absolute atomic E-state index is 12.8. The molecular weight excluding hydrogens is 465 g/mol. The molecule has 1 aliphatic heterocycles. The molecule has 33 heavy (non-hydrogen) atoms. The Morgan fingerprint density at radius 1 is 1.12 bits per heavy atom. The predicted octanol–water partition coefficient (Wildman–Crippen LogP) is 3.81. The van der Waals surface area contributed by atoms with Gasteiger partial charge in [-0.15, -0.1) is 0 Å². The van der Waals surface area contributed by atoms with Gasteiger partial charge in [0.25, 0.3) is 11.6 Å². The van der Waals surface area contributed by atoms with Crippen molar-refractivity contribution in [2.75, 3.05) is 31.1 Å². The smallest absolute Gasteiger partial charge is 0.352 e. The minimum absolute atomic E-state index is 0.0949. The van der Waals surface area contributed by atoms with Crippen molar-refractivity contribution in [3.05, 3.63) is 75.2 Å². The van der Waals surface area contributed by atoms with Gasteiger partial charge in [-0.2, -0.15) is 18.3 Å². The molecule has 13 heteroatoms. The molecule has 1 aromatic carbocycles. The van der Waals surface area contributed by atoms with Crippen LogP contribution in [0, 0.1) is 10.1 Å². The third-order valence-electron chi connectivity index (χ3n) is 5.13. The minimum Gasteiger partial charge on any atom is -0.352 e. The Morgan fingerprint density at radius 2 is 1.85 bits per heavy atom. The number of nitrogens with zero attached hydrogens (tertiary/aromatic N) is 6. The summed E-state index contributed by atoms with van der Waals surface area (Å²) in [5.74, 6) is -0.1000. The van der Waals surface area contributed by atoms with Crippen molar-refractivity contribution in [2.45, 2.75) is 6.18 Å². The Hall–Kier alpha value is -3.67. The molecule has 1 amide bonds. The van der Waals surface area contributed by atoms with E-state index in [4.69, 9.17) is 11.6 Å². The van der Waals surface area contributed by atoms with Crippen LogP contribution in [-0.2, 0) is 6.18 Å². The van der Waals surface area contributed by atoms with E-state index in [1.54, 1.807) is 15.9 Å². The second-order valence-corrected chi connectivity index (χ2v) is 7.64. The van der Waals surface area contributed by atoms with E-state index in [-0.39, 0.29) is 28.1 Å². The van der Waals surface area contributed by atoms with E-state index >= 15 is 0 Å². The van der Waals surface area contributed by atoms with Gasteiger partial charge in [0.15, 0.2) is 5.69 Å². The van der Waals surface area contributed by atoms with E-state index in [1.807, 2.05) is 0 Å². The quantitative estimate of drug-likeness (QED) is 0.416. The number of hydrogen-bond donors (Lipinski definition) is 0. The monoisotopic (exact) mass is 480 g/mol. The number of carbonyl (C=O) groups excluding carboxylic acids is 1. The summed E-state index contributed by atoms with van der Waals surface area (Å²) in [6.45, 7) is 1.24. The molecule has 0 N–H and O–H groups in total. The normalized spacial score (nSPS) is 14.4. The minimum atomic E-state index is -4.53. The fourth-order valence-electron chi connectivity index (χ4n) is 3.43. The molecule has 3 heterocycles. The van der Waals surface area contributed by atoms with E-state index in [0.717, 1.165) is 12.3 Å². The van der Waals surface area contributed by atoms with Crippen LogP contribution < -0.4 is 4.90 Å². The Morgan fingerprint density at radius 3 is 2.48 bits per heavy atom. The fraction of sp³-hybridized carbons (Fsp3) is 0.250. The summed E-state index contributed by atoms with van der Waals surface area (Å²) in [6.07, 6.45) is -2.26. The van der Waals surface area contributed by atoms with Crippen LogP contribution in [0.1, 0.15) is 16.1 Å². The molecule has 0 aliphatic carbocycles. The molecule has 3 aromatic rings. The average molecular weight is 481 g/mol. The van der Waals surface area contributed by atoms with Gasteiger partial charge in [-0.25, -0.2) is 9.67 Å². The Balaban J connectivity index is 1.42. The van der Waals surface area contributed by atoms with Crippen LogP contribution in [0.2, 0.25) is 5.02 Å². The molecule has 172 valence electrons. The number of hydrogen-bond acceptors (Lipinski definition) is 6. The molecule has 1 aliphatic rings. The molecule has 2 aromatic heterocycles. The number of pyridine rings is 1. The highest BCUT2D eigenvalue weighted by molar-refractivity contribution is 6.33. The van der Waals surface area contributed by atoms with Crippen molar-refractivity contribution in [2.24, 2.45) is 0 Å². The topological polar surface area (TPSA) is 97.4 Å². The van der Waals surface area contributed by atoms with E-state index in [1.165, 1.54) is 35.1 Å². The summed E-state index contributed by atoms with van der Waals surface area (Å²) in [7, 11) is 0. The van der Waals surface area contributed by atoms with Crippen molar-refractivity contribution in [3.8, 4) is 5.69 Å². The van der Waals surface area contributed by atoms with Gasteiger partial charge in [-0.1, -0.05) is 17.7 Å². The van der Waals surface area contributed by atoms with Gasteiger partial charge in [0, 0.05) is 50.7 Å². The number of benzene rings is 1. The molecule has 9 nitrogen and oxygen atoms in total. The molecule has 0 bridgehead atoms. The second-order valence-electron chi connectivity index (χ2n) is 7.23. The number of alkyl halides is 3. The number of halogens is 4.